The fourth-order valence-electron chi connectivity index (χ4n) is 3.54. The summed E-state index contributed by atoms with van der Waals surface area (Å²) in [5.41, 5.74) is 1.39. The van der Waals surface area contributed by atoms with Gasteiger partial charge < -0.3 is 10.2 Å². The van der Waals surface area contributed by atoms with Crippen molar-refractivity contribution in [2.45, 2.75) is 19.0 Å². The van der Waals surface area contributed by atoms with Crippen molar-refractivity contribution in [2.75, 3.05) is 10.2 Å². The van der Waals surface area contributed by atoms with Crippen LogP contribution < -0.4 is 10.2 Å². The van der Waals surface area contributed by atoms with Crippen LogP contribution in [0.4, 0.5) is 25.0 Å². The second kappa shape index (κ2) is 8.97. The number of carbonyl (C=O) groups excluding carboxylic acids is 3. The van der Waals surface area contributed by atoms with Crippen molar-refractivity contribution in [1.82, 2.24) is 4.90 Å². The van der Waals surface area contributed by atoms with Gasteiger partial charge >= 0.3 is 6.03 Å². The van der Waals surface area contributed by atoms with Crippen LogP contribution in [0, 0.1) is 11.6 Å². The van der Waals surface area contributed by atoms with E-state index in [-0.39, 0.29) is 13.0 Å². The molecule has 1 saturated heterocycles. The van der Waals surface area contributed by atoms with E-state index in [0.29, 0.717) is 16.9 Å². The number of carbonyl (C=O) groups is 3. The Morgan fingerprint density at radius 3 is 2.06 bits per heavy atom. The van der Waals surface area contributed by atoms with E-state index in [2.05, 4.69) is 5.32 Å². The molecule has 0 radical (unpaired) electrons. The lowest BCUT2D eigenvalue weighted by Gasteiger charge is -2.21. The van der Waals surface area contributed by atoms with Crippen LogP contribution in [0.25, 0.3) is 0 Å². The zero-order valence-electron chi connectivity index (χ0n) is 16.9. The molecule has 0 saturated carbocycles. The third-order valence-electron chi connectivity index (χ3n) is 5.11. The normalized spacial score (nSPS) is 15.9. The molecule has 162 valence electrons. The predicted molar refractivity (Wildman–Crippen MR) is 115 cm³/mol. The number of hydrogen-bond acceptors (Lipinski definition) is 3. The third-order valence-corrected chi connectivity index (χ3v) is 5.11. The van der Waals surface area contributed by atoms with Crippen LogP contribution >= 0.6 is 0 Å². The average molecular weight is 435 g/mol. The lowest BCUT2D eigenvalue weighted by Crippen LogP contribution is -2.37. The van der Waals surface area contributed by atoms with Gasteiger partial charge in [0.05, 0.1) is 12.1 Å². The van der Waals surface area contributed by atoms with Crippen LogP contribution in [0.1, 0.15) is 12.0 Å². The number of halogens is 2. The van der Waals surface area contributed by atoms with E-state index in [1.165, 1.54) is 53.4 Å². The Morgan fingerprint density at radius 2 is 1.44 bits per heavy atom. The van der Waals surface area contributed by atoms with Gasteiger partial charge in [-0.25, -0.2) is 18.5 Å². The van der Waals surface area contributed by atoms with E-state index < -0.39 is 35.5 Å². The van der Waals surface area contributed by atoms with E-state index >= 15 is 0 Å². The molecule has 0 spiro atoms. The minimum Gasteiger partial charge on any atom is -0.326 e. The van der Waals surface area contributed by atoms with Crippen LogP contribution in [-0.4, -0.2) is 28.8 Å². The minimum absolute atomic E-state index is 0.0304. The summed E-state index contributed by atoms with van der Waals surface area (Å²) >= 11 is 0. The number of hydrogen-bond donors (Lipinski definition) is 1. The zero-order chi connectivity index (χ0) is 22.7. The van der Waals surface area contributed by atoms with Gasteiger partial charge in [0.15, 0.2) is 0 Å². The Kier molecular flexibility index (Phi) is 5.93. The molecule has 1 fully saturated rings. The maximum absolute atomic E-state index is 13.3. The number of nitrogens with one attached hydrogen (secondary N) is 1. The standard InChI is InChI=1S/C24H19F2N3O3/c25-17-8-6-16(7-9-17)15-28-21(14-22(30)27-19-12-10-18(26)11-13-19)23(31)29(24(28)32)20-4-2-1-3-5-20/h1-13,21H,14-15H2,(H,27,30). The zero-order valence-corrected chi connectivity index (χ0v) is 16.9. The van der Waals surface area contributed by atoms with Crippen LogP contribution in [0.2, 0.25) is 0 Å². The summed E-state index contributed by atoms with van der Waals surface area (Å²) in [4.78, 5) is 41.3. The van der Waals surface area contributed by atoms with Gasteiger partial charge in [-0.3, -0.25) is 9.59 Å². The van der Waals surface area contributed by atoms with Crippen LogP contribution in [-0.2, 0) is 16.1 Å². The van der Waals surface area contributed by atoms with Crippen molar-refractivity contribution in [3.63, 3.8) is 0 Å². The molecule has 3 aromatic carbocycles. The number of para-hydroxylation sites is 1. The summed E-state index contributed by atoms with van der Waals surface area (Å²) in [6.07, 6.45) is -0.285. The second-order valence-corrected chi connectivity index (χ2v) is 7.32. The van der Waals surface area contributed by atoms with E-state index in [1.54, 1.807) is 30.3 Å². The number of urea groups is 1. The Bertz CT molecular complexity index is 1140. The summed E-state index contributed by atoms with van der Waals surface area (Å²) in [7, 11) is 0. The molecule has 3 aromatic rings. The van der Waals surface area contributed by atoms with Gasteiger partial charge in [-0.1, -0.05) is 30.3 Å². The van der Waals surface area contributed by atoms with Crippen LogP contribution in [0.3, 0.4) is 0 Å². The van der Waals surface area contributed by atoms with Gasteiger partial charge in [0.1, 0.15) is 17.7 Å². The van der Waals surface area contributed by atoms with Gasteiger partial charge in [0.2, 0.25) is 5.91 Å². The van der Waals surface area contributed by atoms with Crippen LogP contribution in [0.5, 0.6) is 0 Å². The van der Waals surface area contributed by atoms with E-state index in [1.807, 2.05) is 0 Å². The molecule has 6 nitrogen and oxygen atoms in total. The van der Waals surface area contributed by atoms with Gasteiger partial charge in [-0.15, -0.1) is 0 Å². The fourth-order valence-corrected chi connectivity index (χ4v) is 3.54. The average Bonchev–Trinajstić information content (AvgIpc) is 3.01. The SMILES string of the molecule is O=C(CC1C(=O)N(c2ccccc2)C(=O)N1Cc1ccc(F)cc1)Nc1ccc(F)cc1. The highest BCUT2D eigenvalue weighted by Gasteiger charge is 2.46. The number of anilines is 2. The molecule has 4 amide bonds. The number of benzene rings is 3. The quantitative estimate of drug-likeness (QED) is 0.586. The van der Waals surface area contributed by atoms with Crippen molar-refractivity contribution in [3.05, 3.63) is 96.1 Å². The van der Waals surface area contributed by atoms with Gasteiger partial charge in [-0.2, -0.15) is 0 Å². The molecule has 0 aromatic heterocycles. The third kappa shape index (κ3) is 4.49. The molecule has 0 bridgehead atoms. The summed E-state index contributed by atoms with van der Waals surface area (Å²) < 4.78 is 26.4. The summed E-state index contributed by atoms with van der Waals surface area (Å²) in [5, 5.41) is 2.61. The first-order chi connectivity index (χ1) is 15.4. The molecule has 0 aliphatic carbocycles. The van der Waals surface area contributed by atoms with Crippen molar-refractivity contribution in [3.8, 4) is 0 Å². The first kappa shape index (κ1) is 21.2. The topological polar surface area (TPSA) is 69.7 Å². The highest BCUT2D eigenvalue weighted by atomic mass is 19.1. The molecule has 1 aliphatic rings. The Hall–Kier alpha value is -4.07. The summed E-state index contributed by atoms with van der Waals surface area (Å²) in [5.74, 6) is -1.89. The minimum atomic E-state index is -1.05. The second-order valence-electron chi connectivity index (χ2n) is 7.32. The molecule has 8 heteroatoms. The number of amides is 4. The van der Waals surface area contributed by atoms with Crippen molar-refractivity contribution in [2.24, 2.45) is 0 Å². The van der Waals surface area contributed by atoms with Crippen LogP contribution in [0.15, 0.2) is 78.9 Å². The smallest absolute Gasteiger partial charge is 0.326 e. The number of rotatable bonds is 6. The Morgan fingerprint density at radius 1 is 0.844 bits per heavy atom. The maximum Gasteiger partial charge on any atom is 0.332 e. The molecule has 1 aliphatic heterocycles. The van der Waals surface area contributed by atoms with Gasteiger partial charge in [-0.05, 0) is 54.1 Å². The monoisotopic (exact) mass is 435 g/mol. The number of nitrogens with zero attached hydrogens (tertiary/aromatic N) is 2. The Labute approximate surface area is 183 Å². The first-order valence-corrected chi connectivity index (χ1v) is 9.92. The van der Waals surface area contributed by atoms with E-state index in [9.17, 15) is 23.2 Å². The van der Waals surface area contributed by atoms with E-state index in [4.69, 9.17) is 0 Å². The van der Waals surface area contributed by atoms with Gasteiger partial charge in [0, 0.05) is 12.2 Å². The summed E-state index contributed by atoms with van der Waals surface area (Å²) in [6, 6.07) is 17.6. The largest absolute Gasteiger partial charge is 0.332 e. The first-order valence-electron chi connectivity index (χ1n) is 9.92. The van der Waals surface area contributed by atoms with Gasteiger partial charge in [0.25, 0.3) is 5.91 Å². The molecule has 1 N–H and O–H groups in total. The molecule has 4 rings (SSSR count). The summed E-state index contributed by atoms with van der Waals surface area (Å²) in [6.45, 7) is 0.0304. The lowest BCUT2D eigenvalue weighted by atomic mass is 10.1. The number of imide groups is 1. The fraction of sp³-hybridized carbons (Fsp3) is 0.125. The van der Waals surface area contributed by atoms with E-state index in [0.717, 1.165) is 4.90 Å². The molecular weight excluding hydrogens is 416 g/mol. The molecule has 1 atom stereocenters. The molecule has 1 heterocycles. The predicted octanol–water partition coefficient (Wildman–Crippen LogP) is 4.33. The highest BCUT2D eigenvalue weighted by Crippen LogP contribution is 2.28. The molecule has 32 heavy (non-hydrogen) atoms. The van der Waals surface area contributed by atoms with Crippen molar-refractivity contribution in [1.29, 1.82) is 0 Å². The molecule has 1 unspecified atom stereocenters. The van der Waals surface area contributed by atoms with Crippen molar-refractivity contribution < 1.29 is 23.2 Å². The van der Waals surface area contributed by atoms with Crippen molar-refractivity contribution >= 4 is 29.2 Å². The maximum atomic E-state index is 13.3. The lowest BCUT2D eigenvalue weighted by molar-refractivity contribution is -0.124. The molecular formula is C24H19F2N3O3. The highest BCUT2D eigenvalue weighted by molar-refractivity contribution is 6.22. The Balaban J connectivity index is 1.58.